The van der Waals surface area contributed by atoms with Crippen molar-refractivity contribution < 1.29 is 23.5 Å². The third-order valence-corrected chi connectivity index (χ3v) is 4.58. The second-order valence-corrected chi connectivity index (χ2v) is 6.89. The molecular weight excluding hydrogens is 426 g/mol. The Morgan fingerprint density at radius 2 is 2.30 bits per heavy atom. The van der Waals surface area contributed by atoms with Crippen molar-refractivity contribution in [1.82, 2.24) is 15.0 Å². The summed E-state index contributed by atoms with van der Waals surface area (Å²) in [6.45, 7) is -0.417. The van der Waals surface area contributed by atoms with Crippen molar-refractivity contribution in [2.75, 3.05) is 18.5 Å². The van der Waals surface area contributed by atoms with Gasteiger partial charge in [-0.2, -0.15) is 0 Å². The molecule has 1 aromatic heterocycles. The molecule has 0 aliphatic heterocycles. The molecule has 1 unspecified atom stereocenters. The SMILES string of the molecule is Cn1cnc2c(F)c(NC3=CC=C(Br)CC3F)c(C(=O)NOCCO)cc21. The number of aliphatic hydroxyl groups excluding tert-OH is 1. The first-order valence-electron chi connectivity index (χ1n) is 8.06. The highest BCUT2D eigenvalue weighted by Gasteiger charge is 2.25. The van der Waals surface area contributed by atoms with Gasteiger partial charge in [0.2, 0.25) is 0 Å². The lowest BCUT2D eigenvalue weighted by molar-refractivity contribution is 0.0169. The number of nitrogens with one attached hydrogen (secondary N) is 2. The van der Waals surface area contributed by atoms with Gasteiger partial charge in [-0.3, -0.25) is 9.63 Å². The Balaban J connectivity index is 2.04. The fraction of sp³-hybridized carbons (Fsp3) is 0.294. The Kier molecular flexibility index (Phi) is 5.88. The molecule has 1 atom stereocenters. The summed E-state index contributed by atoms with van der Waals surface area (Å²) in [4.78, 5) is 21.3. The van der Waals surface area contributed by atoms with Gasteiger partial charge >= 0.3 is 0 Å². The Labute approximate surface area is 161 Å². The number of hydroxylamine groups is 1. The first kappa shape index (κ1) is 19.5. The fourth-order valence-corrected chi connectivity index (χ4v) is 3.06. The molecule has 3 N–H and O–H groups in total. The normalized spacial score (nSPS) is 16.9. The number of aryl methyl sites for hydroxylation is 1. The number of carbonyl (C=O) groups excluding carboxylic acids is 1. The maximum Gasteiger partial charge on any atom is 0.277 e. The maximum atomic E-state index is 15.1. The van der Waals surface area contributed by atoms with E-state index in [0.717, 1.165) is 0 Å². The number of imidazole rings is 1. The van der Waals surface area contributed by atoms with Gasteiger partial charge in [-0.05, 0) is 16.6 Å². The summed E-state index contributed by atoms with van der Waals surface area (Å²) >= 11 is 3.23. The molecule has 3 rings (SSSR count). The summed E-state index contributed by atoms with van der Waals surface area (Å²) in [6, 6.07) is 1.44. The quantitative estimate of drug-likeness (QED) is 0.472. The van der Waals surface area contributed by atoms with Crippen molar-refractivity contribution >= 4 is 38.6 Å². The summed E-state index contributed by atoms with van der Waals surface area (Å²) in [6.07, 6.45) is 3.26. The molecule has 0 bridgehead atoms. The minimum Gasteiger partial charge on any atom is -0.394 e. The summed E-state index contributed by atoms with van der Waals surface area (Å²) in [5.41, 5.74) is 2.42. The van der Waals surface area contributed by atoms with Crippen LogP contribution in [0.25, 0.3) is 11.0 Å². The predicted molar refractivity (Wildman–Crippen MR) is 99.4 cm³/mol. The van der Waals surface area contributed by atoms with Crippen LogP contribution in [0, 0.1) is 5.82 Å². The third-order valence-electron chi connectivity index (χ3n) is 3.99. The molecule has 10 heteroatoms. The average Bonchev–Trinajstić information content (AvgIpc) is 3.00. The number of aliphatic hydroxyl groups is 1. The smallest absolute Gasteiger partial charge is 0.277 e. The van der Waals surface area contributed by atoms with E-state index in [1.807, 2.05) is 0 Å². The molecule has 2 aromatic rings. The number of hydrogen-bond donors (Lipinski definition) is 3. The van der Waals surface area contributed by atoms with E-state index in [2.05, 4.69) is 31.7 Å². The van der Waals surface area contributed by atoms with Crippen LogP contribution in [0.15, 0.2) is 34.7 Å². The van der Waals surface area contributed by atoms with Crippen molar-refractivity contribution in [2.45, 2.75) is 12.6 Å². The Bertz CT molecular complexity index is 942. The molecule has 0 saturated heterocycles. The topological polar surface area (TPSA) is 88.4 Å². The highest BCUT2D eigenvalue weighted by molar-refractivity contribution is 9.11. The molecule has 1 heterocycles. The molecule has 1 aromatic carbocycles. The van der Waals surface area contributed by atoms with Crippen molar-refractivity contribution in [3.63, 3.8) is 0 Å². The van der Waals surface area contributed by atoms with Gasteiger partial charge in [0, 0.05) is 13.5 Å². The van der Waals surface area contributed by atoms with Crippen molar-refractivity contribution in [2.24, 2.45) is 7.05 Å². The van der Waals surface area contributed by atoms with Gasteiger partial charge in [0.1, 0.15) is 11.7 Å². The maximum absolute atomic E-state index is 15.1. The predicted octanol–water partition coefficient (Wildman–Crippen LogP) is 2.68. The first-order chi connectivity index (χ1) is 12.9. The Morgan fingerprint density at radius 3 is 3.00 bits per heavy atom. The van der Waals surface area contributed by atoms with Crippen LogP contribution in [0.3, 0.4) is 0 Å². The van der Waals surface area contributed by atoms with Gasteiger partial charge in [-0.15, -0.1) is 0 Å². The number of aromatic nitrogens is 2. The summed E-state index contributed by atoms with van der Waals surface area (Å²) in [7, 11) is 1.66. The number of alkyl halides is 1. The van der Waals surface area contributed by atoms with Crippen LogP contribution in [-0.2, 0) is 11.9 Å². The monoisotopic (exact) mass is 442 g/mol. The minimum absolute atomic E-state index is 0.0522. The molecule has 0 spiro atoms. The van der Waals surface area contributed by atoms with Gasteiger partial charge in [-0.25, -0.2) is 19.2 Å². The average molecular weight is 443 g/mol. The minimum atomic E-state index is -1.38. The van der Waals surface area contributed by atoms with E-state index < -0.39 is 17.9 Å². The zero-order valence-electron chi connectivity index (χ0n) is 14.3. The molecule has 1 amide bonds. The molecule has 7 nitrogen and oxygen atoms in total. The molecule has 1 aliphatic carbocycles. The summed E-state index contributed by atoms with van der Waals surface area (Å²) in [5, 5.41) is 11.4. The van der Waals surface area contributed by atoms with Gasteiger partial charge in [0.05, 0.1) is 42.0 Å². The first-order valence-corrected chi connectivity index (χ1v) is 8.85. The molecule has 27 heavy (non-hydrogen) atoms. The Morgan fingerprint density at radius 1 is 1.52 bits per heavy atom. The number of halogens is 3. The van der Waals surface area contributed by atoms with Gasteiger partial charge in [0.15, 0.2) is 5.82 Å². The fourth-order valence-electron chi connectivity index (χ4n) is 2.64. The van der Waals surface area contributed by atoms with Crippen molar-refractivity contribution in [1.29, 1.82) is 0 Å². The van der Waals surface area contributed by atoms with Crippen LogP contribution in [-0.4, -0.2) is 40.0 Å². The molecule has 0 saturated carbocycles. The Hall–Kier alpha value is -2.30. The van der Waals surface area contributed by atoms with Crippen LogP contribution in [0.2, 0.25) is 0 Å². The van der Waals surface area contributed by atoms with E-state index in [-0.39, 0.29) is 42.1 Å². The van der Waals surface area contributed by atoms with Crippen LogP contribution in [0.1, 0.15) is 16.8 Å². The molecular formula is C17H17BrF2N4O3. The van der Waals surface area contributed by atoms with Crippen LogP contribution >= 0.6 is 15.9 Å². The number of rotatable bonds is 6. The standard InChI is InChI=1S/C17H17BrF2N4O3/c1-24-8-21-16-13(24)7-10(17(26)23-27-5-4-25)15(14(16)20)22-12-3-2-9(18)6-11(12)19/h2-3,7-8,11,22,25H,4-6H2,1H3,(H,23,26). The number of anilines is 1. The lowest BCUT2D eigenvalue weighted by Gasteiger charge is -2.20. The molecule has 0 radical (unpaired) electrons. The lowest BCUT2D eigenvalue weighted by atomic mass is 10.1. The highest BCUT2D eigenvalue weighted by Crippen LogP contribution is 2.32. The highest BCUT2D eigenvalue weighted by atomic mass is 79.9. The van der Waals surface area contributed by atoms with E-state index in [0.29, 0.717) is 10.00 Å². The largest absolute Gasteiger partial charge is 0.394 e. The van der Waals surface area contributed by atoms with E-state index >= 15 is 4.39 Å². The summed E-state index contributed by atoms with van der Waals surface area (Å²) in [5.74, 6) is -1.52. The molecule has 144 valence electrons. The number of fused-ring (bicyclic) bond motifs is 1. The van der Waals surface area contributed by atoms with Crippen molar-refractivity contribution in [3.8, 4) is 0 Å². The number of allylic oxidation sites excluding steroid dienone is 4. The zero-order chi connectivity index (χ0) is 19.6. The van der Waals surface area contributed by atoms with Crippen LogP contribution < -0.4 is 10.8 Å². The van der Waals surface area contributed by atoms with E-state index in [9.17, 15) is 9.18 Å². The van der Waals surface area contributed by atoms with E-state index in [1.165, 1.54) is 18.5 Å². The van der Waals surface area contributed by atoms with Gasteiger partial charge < -0.3 is 15.0 Å². The van der Waals surface area contributed by atoms with Gasteiger partial charge in [-0.1, -0.05) is 22.0 Å². The number of benzene rings is 1. The summed E-state index contributed by atoms with van der Waals surface area (Å²) < 4.78 is 31.6. The second kappa shape index (κ2) is 8.15. The number of nitrogens with zero attached hydrogens (tertiary/aromatic N) is 2. The number of hydrogen-bond acceptors (Lipinski definition) is 5. The zero-order valence-corrected chi connectivity index (χ0v) is 15.9. The lowest BCUT2D eigenvalue weighted by Crippen LogP contribution is -2.27. The second-order valence-electron chi connectivity index (χ2n) is 5.87. The van der Waals surface area contributed by atoms with Crippen molar-refractivity contribution in [3.05, 3.63) is 46.1 Å². The molecule has 0 fully saturated rings. The number of amides is 1. The molecule has 1 aliphatic rings. The van der Waals surface area contributed by atoms with E-state index in [1.54, 1.807) is 17.7 Å². The van der Waals surface area contributed by atoms with E-state index in [4.69, 9.17) is 9.94 Å². The number of carbonyl (C=O) groups is 1. The van der Waals surface area contributed by atoms with Crippen LogP contribution in [0.4, 0.5) is 14.5 Å². The van der Waals surface area contributed by atoms with Crippen LogP contribution in [0.5, 0.6) is 0 Å². The third kappa shape index (κ3) is 4.02. The van der Waals surface area contributed by atoms with Gasteiger partial charge in [0.25, 0.3) is 5.91 Å².